The normalized spacial score (nSPS) is 18.1. The van der Waals surface area contributed by atoms with E-state index in [1.54, 1.807) is 6.92 Å². The molecule has 2 rings (SSSR count). The van der Waals surface area contributed by atoms with Crippen molar-refractivity contribution in [2.24, 2.45) is 5.41 Å². The zero-order chi connectivity index (χ0) is 13.2. The third-order valence-corrected chi connectivity index (χ3v) is 4.58. The molecule has 1 heterocycles. The van der Waals surface area contributed by atoms with Crippen molar-refractivity contribution in [2.45, 2.75) is 40.0 Å². The first kappa shape index (κ1) is 13.1. The van der Waals surface area contributed by atoms with E-state index in [1.807, 2.05) is 12.1 Å². The van der Waals surface area contributed by atoms with E-state index in [-0.39, 0.29) is 5.78 Å². The predicted molar refractivity (Wildman–Crippen MR) is 76.3 cm³/mol. The number of anilines is 1. The first-order valence-corrected chi connectivity index (χ1v) is 6.96. The number of rotatable bonds is 4. The zero-order valence-corrected chi connectivity index (χ0v) is 11.7. The molecule has 1 fully saturated rings. The zero-order valence-electron chi connectivity index (χ0n) is 11.7. The molecule has 0 radical (unpaired) electrons. The SMILES string of the molecule is CCC1(CC)CCN(c2ccc(C(C)=O)cc2)C1. The molecule has 18 heavy (non-hydrogen) atoms. The highest BCUT2D eigenvalue weighted by molar-refractivity contribution is 5.94. The lowest BCUT2D eigenvalue weighted by atomic mass is 9.82. The van der Waals surface area contributed by atoms with Gasteiger partial charge in [-0.05, 0) is 55.9 Å². The highest BCUT2D eigenvalue weighted by atomic mass is 16.1. The Morgan fingerprint density at radius 2 is 1.83 bits per heavy atom. The van der Waals surface area contributed by atoms with E-state index in [2.05, 4.69) is 30.9 Å². The van der Waals surface area contributed by atoms with Gasteiger partial charge in [-0.25, -0.2) is 0 Å². The fourth-order valence-corrected chi connectivity index (χ4v) is 2.89. The maximum atomic E-state index is 11.3. The van der Waals surface area contributed by atoms with E-state index < -0.39 is 0 Å². The van der Waals surface area contributed by atoms with Gasteiger partial charge in [0.1, 0.15) is 0 Å². The average Bonchev–Trinajstić information content (AvgIpc) is 2.84. The summed E-state index contributed by atoms with van der Waals surface area (Å²) in [7, 11) is 0. The molecule has 0 aliphatic carbocycles. The topological polar surface area (TPSA) is 20.3 Å². The molecule has 2 heteroatoms. The Kier molecular flexibility index (Phi) is 3.74. The van der Waals surface area contributed by atoms with Crippen LogP contribution in [0, 0.1) is 5.41 Å². The summed E-state index contributed by atoms with van der Waals surface area (Å²) >= 11 is 0. The molecule has 0 unspecified atom stereocenters. The van der Waals surface area contributed by atoms with E-state index in [9.17, 15) is 4.79 Å². The summed E-state index contributed by atoms with van der Waals surface area (Å²) in [5.41, 5.74) is 2.55. The van der Waals surface area contributed by atoms with Crippen LogP contribution < -0.4 is 4.90 Å². The lowest BCUT2D eigenvalue weighted by Crippen LogP contribution is -2.26. The molecule has 1 aliphatic heterocycles. The molecule has 0 bridgehead atoms. The fourth-order valence-electron chi connectivity index (χ4n) is 2.89. The number of carbonyl (C=O) groups excluding carboxylic acids is 1. The van der Waals surface area contributed by atoms with Gasteiger partial charge in [-0.1, -0.05) is 13.8 Å². The van der Waals surface area contributed by atoms with E-state index in [0.717, 1.165) is 18.7 Å². The molecule has 0 amide bonds. The molecule has 2 nitrogen and oxygen atoms in total. The number of nitrogens with zero attached hydrogens (tertiary/aromatic N) is 1. The molecular formula is C16H23NO. The smallest absolute Gasteiger partial charge is 0.159 e. The Morgan fingerprint density at radius 3 is 2.28 bits per heavy atom. The van der Waals surface area contributed by atoms with Crippen molar-refractivity contribution in [3.05, 3.63) is 29.8 Å². The Balaban J connectivity index is 2.12. The Hall–Kier alpha value is -1.31. The maximum Gasteiger partial charge on any atom is 0.159 e. The Labute approximate surface area is 110 Å². The van der Waals surface area contributed by atoms with Crippen molar-refractivity contribution >= 4 is 11.5 Å². The number of ketones is 1. The van der Waals surface area contributed by atoms with E-state index in [1.165, 1.54) is 24.9 Å². The highest BCUT2D eigenvalue weighted by Gasteiger charge is 2.34. The lowest BCUT2D eigenvalue weighted by Gasteiger charge is -2.27. The van der Waals surface area contributed by atoms with Crippen molar-refractivity contribution in [3.63, 3.8) is 0 Å². The average molecular weight is 245 g/mol. The Morgan fingerprint density at radius 1 is 1.22 bits per heavy atom. The minimum absolute atomic E-state index is 0.138. The van der Waals surface area contributed by atoms with Crippen molar-refractivity contribution in [3.8, 4) is 0 Å². The van der Waals surface area contributed by atoms with Gasteiger partial charge >= 0.3 is 0 Å². The molecular weight excluding hydrogens is 222 g/mol. The molecule has 1 aromatic rings. The monoisotopic (exact) mass is 245 g/mol. The van der Waals surface area contributed by atoms with Gasteiger partial charge in [-0.3, -0.25) is 4.79 Å². The molecule has 0 aromatic heterocycles. The van der Waals surface area contributed by atoms with Crippen LogP contribution in [0.3, 0.4) is 0 Å². The maximum absolute atomic E-state index is 11.3. The molecule has 98 valence electrons. The summed E-state index contributed by atoms with van der Waals surface area (Å²) in [5.74, 6) is 0.138. The number of benzene rings is 1. The quantitative estimate of drug-likeness (QED) is 0.750. The van der Waals surface area contributed by atoms with Gasteiger partial charge in [0.2, 0.25) is 0 Å². The van der Waals surface area contributed by atoms with Crippen molar-refractivity contribution in [1.82, 2.24) is 0 Å². The number of carbonyl (C=O) groups is 1. The summed E-state index contributed by atoms with van der Waals surface area (Å²) < 4.78 is 0. The van der Waals surface area contributed by atoms with E-state index >= 15 is 0 Å². The first-order valence-electron chi connectivity index (χ1n) is 6.96. The molecule has 0 N–H and O–H groups in total. The first-order chi connectivity index (χ1) is 8.60. The summed E-state index contributed by atoms with van der Waals surface area (Å²) in [6.07, 6.45) is 3.80. The summed E-state index contributed by atoms with van der Waals surface area (Å²) in [5, 5.41) is 0. The second-order valence-electron chi connectivity index (χ2n) is 5.48. The van der Waals surface area contributed by atoms with Crippen molar-refractivity contribution < 1.29 is 4.79 Å². The van der Waals surface area contributed by atoms with Gasteiger partial charge in [0.25, 0.3) is 0 Å². The minimum atomic E-state index is 0.138. The fraction of sp³-hybridized carbons (Fsp3) is 0.562. The van der Waals surface area contributed by atoms with Crippen LogP contribution in [0.5, 0.6) is 0 Å². The second-order valence-corrected chi connectivity index (χ2v) is 5.48. The number of hydrogen-bond acceptors (Lipinski definition) is 2. The van der Waals surface area contributed by atoms with Gasteiger partial charge in [-0.2, -0.15) is 0 Å². The van der Waals surface area contributed by atoms with Gasteiger partial charge < -0.3 is 4.90 Å². The largest absolute Gasteiger partial charge is 0.371 e. The predicted octanol–water partition coefficient (Wildman–Crippen LogP) is 3.91. The molecule has 0 atom stereocenters. The van der Waals surface area contributed by atoms with Gasteiger partial charge in [-0.15, -0.1) is 0 Å². The number of hydrogen-bond donors (Lipinski definition) is 0. The van der Waals surface area contributed by atoms with Crippen LogP contribution >= 0.6 is 0 Å². The van der Waals surface area contributed by atoms with Gasteiger partial charge in [0.15, 0.2) is 5.78 Å². The summed E-state index contributed by atoms with van der Waals surface area (Å²) in [6.45, 7) is 8.50. The number of Topliss-reactive ketones (excluding diaryl/α,β-unsaturated/α-hetero) is 1. The van der Waals surface area contributed by atoms with Gasteiger partial charge in [0.05, 0.1) is 0 Å². The second kappa shape index (κ2) is 5.13. The van der Waals surface area contributed by atoms with Crippen LogP contribution in [0.25, 0.3) is 0 Å². The van der Waals surface area contributed by atoms with Gasteiger partial charge in [0, 0.05) is 24.3 Å². The molecule has 1 saturated heterocycles. The van der Waals surface area contributed by atoms with Crippen molar-refractivity contribution in [2.75, 3.05) is 18.0 Å². The van der Waals surface area contributed by atoms with Crippen LogP contribution in [-0.4, -0.2) is 18.9 Å². The molecule has 0 spiro atoms. The van der Waals surface area contributed by atoms with E-state index in [0.29, 0.717) is 5.41 Å². The third kappa shape index (κ3) is 2.43. The third-order valence-electron chi connectivity index (χ3n) is 4.58. The summed E-state index contributed by atoms with van der Waals surface area (Å²) in [6, 6.07) is 8.04. The molecule has 1 aromatic carbocycles. The Bertz CT molecular complexity index is 417. The van der Waals surface area contributed by atoms with Crippen LogP contribution in [0.4, 0.5) is 5.69 Å². The van der Waals surface area contributed by atoms with Crippen molar-refractivity contribution in [1.29, 1.82) is 0 Å². The molecule has 0 saturated carbocycles. The standard InChI is InChI=1S/C16H23NO/c1-4-16(5-2)10-11-17(12-16)15-8-6-14(7-9-15)13(3)18/h6-9H,4-5,10-12H2,1-3H3. The van der Waals surface area contributed by atoms with Crippen LogP contribution in [0.1, 0.15) is 50.4 Å². The minimum Gasteiger partial charge on any atom is -0.371 e. The molecule has 1 aliphatic rings. The highest BCUT2D eigenvalue weighted by Crippen LogP contribution is 2.38. The van der Waals surface area contributed by atoms with Crippen LogP contribution in [-0.2, 0) is 0 Å². The lowest BCUT2D eigenvalue weighted by molar-refractivity contribution is 0.101. The van der Waals surface area contributed by atoms with Crippen LogP contribution in [0.2, 0.25) is 0 Å². The van der Waals surface area contributed by atoms with Crippen LogP contribution in [0.15, 0.2) is 24.3 Å². The van der Waals surface area contributed by atoms with E-state index in [4.69, 9.17) is 0 Å². The summed E-state index contributed by atoms with van der Waals surface area (Å²) in [4.78, 5) is 13.7.